The number of aromatic nitrogens is 4. The van der Waals surface area contributed by atoms with Gasteiger partial charge in [0.25, 0.3) is 0 Å². The normalized spacial score (nSPS) is 11.3. The predicted octanol–water partition coefficient (Wildman–Crippen LogP) is 2.15. The summed E-state index contributed by atoms with van der Waals surface area (Å²) in [4.78, 5) is 6.67. The summed E-state index contributed by atoms with van der Waals surface area (Å²) in [7, 11) is 4.06. The molecular weight excluding hydrogens is 254 g/mol. The van der Waals surface area contributed by atoms with Gasteiger partial charge in [0.2, 0.25) is 0 Å². The zero-order chi connectivity index (χ0) is 12.4. The van der Waals surface area contributed by atoms with Gasteiger partial charge in [-0.1, -0.05) is 0 Å². The van der Waals surface area contributed by atoms with Crippen LogP contribution in [0.15, 0.2) is 5.38 Å². The Morgan fingerprint density at radius 2 is 2.29 bits per heavy atom. The molecule has 2 aromatic heterocycles. The lowest BCUT2D eigenvalue weighted by Crippen LogP contribution is -2.10. The average Bonchev–Trinajstić information content (AvgIpc) is 2.83. The molecule has 7 heteroatoms. The molecule has 2 aromatic rings. The summed E-state index contributed by atoms with van der Waals surface area (Å²) in [5.41, 5.74) is 0.890. The lowest BCUT2D eigenvalue weighted by Gasteiger charge is -2.05. The summed E-state index contributed by atoms with van der Waals surface area (Å²) in [5.74, 6) is 0.818. The van der Waals surface area contributed by atoms with E-state index in [2.05, 4.69) is 20.1 Å². The third kappa shape index (κ3) is 2.62. The van der Waals surface area contributed by atoms with E-state index in [0.29, 0.717) is 4.77 Å². The van der Waals surface area contributed by atoms with E-state index < -0.39 is 0 Å². The van der Waals surface area contributed by atoms with Gasteiger partial charge in [0, 0.05) is 18.5 Å². The molecule has 0 saturated carbocycles. The maximum absolute atomic E-state index is 5.16. The standard InChI is InChI=1S/C10H15N5S2/c1-4-15-9(12-13-10(15)16)7-6-17-8(11-7)5-14(2)3/h6H,4-5H2,1-3H3,(H,13,16). The fourth-order valence-electron chi connectivity index (χ4n) is 1.56. The second-order valence-corrected chi connectivity index (χ2v) is 5.29. The lowest BCUT2D eigenvalue weighted by molar-refractivity contribution is 0.401. The molecular formula is C10H15N5S2. The Morgan fingerprint density at radius 3 is 2.94 bits per heavy atom. The Hall–Kier alpha value is -1.05. The molecule has 0 unspecified atom stereocenters. The quantitative estimate of drug-likeness (QED) is 0.864. The van der Waals surface area contributed by atoms with E-state index >= 15 is 0 Å². The zero-order valence-corrected chi connectivity index (χ0v) is 11.7. The minimum Gasteiger partial charge on any atom is -0.303 e. The van der Waals surface area contributed by atoms with E-state index in [4.69, 9.17) is 12.2 Å². The van der Waals surface area contributed by atoms with Crippen molar-refractivity contribution in [3.8, 4) is 11.5 Å². The molecule has 0 spiro atoms. The highest BCUT2D eigenvalue weighted by molar-refractivity contribution is 7.71. The Kier molecular flexibility index (Phi) is 3.70. The first-order valence-electron chi connectivity index (χ1n) is 5.36. The molecule has 92 valence electrons. The fourth-order valence-corrected chi connectivity index (χ4v) is 2.71. The van der Waals surface area contributed by atoms with E-state index in [-0.39, 0.29) is 0 Å². The summed E-state index contributed by atoms with van der Waals surface area (Å²) in [6.07, 6.45) is 0. The van der Waals surface area contributed by atoms with Crippen LogP contribution in [-0.2, 0) is 13.1 Å². The van der Waals surface area contributed by atoms with Crippen molar-refractivity contribution in [1.82, 2.24) is 24.6 Å². The molecule has 0 aliphatic rings. The molecule has 0 aliphatic heterocycles. The first-order valence-corrected chi connectivity index (χ1v) is 6.65. The molecule has 0 aromatic carbocycles. The fraction of sp³-hybridized carbons (Fsp3) is 0.500. The van der Waals surface area contributed by atoms with Crippen LogP contribution in [0.1, 0.15) is 11.9 Å². The van der Waals surface area contributed by atoms with Crippen LogP contribution in [0, 0.1) is 4.77 Å². The lowest BCUT2D eigenvalue weighted by atomic mass is 10.4. The molecule has 2 rings (SSSR count). The third-order valence-electron chi connectivity index (χ3n) is 2.31. The zero-order valence-electron chi connectivity index (χ0n) is 10.1. The average molecular weight is 269 g/mol. The SMILES string of the molecule is CCn1c(-c2csc(CN(C)C)n2)n[nH]c1=S. The number of aromatic amines is 1. The highest BCUT2D eigenvalue weighted by atomic mass is 32.1. The van der Waals surface area contributed by atoms with Gasteiger partial charge < -0.3 is 4.90 Å². The van der Waals surface area contributed by atoms with Gasteiger partial charge in [-0.3, -0.25) is 9.67 Å². The van der Waals surface area contributed by atoms with Gasteiger partial charge in [0.15, 0.2) is 10.6 Å². The summed E-state index contributed by atoms with van der Waals surface area (Å²) < 4.78 is 2.59. The van der Waals surface area contributed by atoms with E-state index in [1.807, 2.05) is 31.0 Å². The largest absolute Gasteiger partial charge is 0.303 e. The van der Waals surface area contributed by atoms with Gasteiger partial charge in [-0.2, -0.15) is 5.10 Å². The highest BCUT2D eigenvalue weighted by Crippen LogP contribution is 2.20. The van der Waals surface area contributed by atoms with E-state index in [0.717, 1.165) is 29.6 Å². The molecule has 0 amide bonds. The number of rotatable bonds is 4. The van der Waals surface area contributed by atoms with Crippen molar-refractivity contribution < 1.29 is 0 Å². The van der Waals surface area contributed by atoms with Crippen LogP contribution < -0.4 is 0 Å². The predicted molar refractivity (Wildman–Crippen MR) is 71.6 cm³/mol. The Balaban J connectivity index is 2.33. The molecule has 17 heavy (non-hydrogen) atoms. The van der Waals surface area contributed by atoms with Crippen LogP contribution in [0.4, 0.5) is 0 Å². The van der Waals surface area contributed by atoms with Crippen molar-refractivity contribution in [2.24, 2.45) is 0 Å². The number of nitrogens with zero attached hydrogens (tertiary/aromatic N) is 4. The monoisotopic (exact) mass is 269 g/mol. The number of thiazole rings is 1. The minimum atomic E-state index is 0.643. The highest BCUT2D eigenvalue weighted by Gasteiger charge is 2.11. The Labute approximate surface area is 109 Å². The first kappa shape index (κ1) is 12.4. The van der Waals surface area contributed by atoms with Crippen molar-refractivity contribution in [2.75, 3.05) is 14.1 Å². The van der Waals surface area contributed by atoms with Crippen LogP contribution >= 0.6 is 23.6 Å². The van der Waals surface area contributed by atoms with Gasteiger partial charge >= 0.3 is 0 Å². The molecule has 1 N–H and O–H groups in total. The summed E-state index contributed by atoms with van der Waals surface area (Å²) in [6.45, 7) is 3.69. The van der Waals surface area contributed by atoms with Crippen LogP contribution in [-0.4, -0.2) is 38.7 Å². The van der Waals surface area contributed by atoms with Gasteiger partial charge in [-0.15, -0.1) is 11.3 Å². The van der Waals surface area contributed by atoms with Gasteiger partial charge in [-0.25, -0.2) is 4.98 Å². The first-order chi connectivity index (χ1) is 8.11. The number of hydrogen-bond acceptors (Lipinski definition) is 5. The molecule has 0 fully saturated rings. The summed E-state index contributed by atoms with van der Waals surface area (Å²) in [6, 6.07) is 0. The van der Waals surface area contributed by atoms with E-state index in [9.17, 15) is 0 Å². The van der Waals surface area contributed by atoms with Crippen LogP contribution in [0.25, 0.3) is 11.5 Å². The smallest absolute Gasteiger partial charge is 0.195 e. The molecule has 0 saturated heterocycles. The number of nitrogens with one attached hydrogen (secondary N) is 1. The number of H-pyrrole nitrogens is 1. The van der Waals surface area contributed by atoms with Gasteiger partial charge in [-0.05, 0) is 33.2 Å². The minimum absolute atomic E-state index is 0.643. The van der Waals surface area contributed by atoms with Crippen molar-refractivity contribution >= 4 is 23.6 Å². The van der Waals surface area contributed by atoms with Crippen molar-refractivity contribution in [3.05, 3.63) is 15.2 Å². The molecule has 2 heterocycles. The molecule has 0 bridgehead atoms. The van der Waals surface area contributed by atoms with Gasteiger partial charge in [0.05, 0.1) is 0 Å². The second kappa shape index (κ2) is 5.07. The van der Waals surface area contributed by atoms with Crippen molar-refractivity contribution in [3.63, 3.8) is 0 Å². The summed E-state index contributed by atoms with van der Waals surface area (Å²) >= 11 is 6.81. The summed E-state index contributed by atoms with van der Waals surface area (Å²) in [5, 5.41) is 10.1. The molecule has 0 atom stereocenters. The Morgan fingerprint density at radius 1 is 1.53 bits per heavy atom. The van der Waals surface area contributed by atoms with Crippen LogP contribution in [0.2, 0.25) is 0 Å². The van der Waals surface area contributed by atoms with Crippen molar-refractivity contribution in [2.45, 2.75) is 20.0 Å². The molecule has 0 aliphatic carbocycles. The third-order valence-corrected chi connectivity index (χ3v) is 3.45. The maximum Gasteiger partial charge on any atom is 0.195 e. The van der Waals surface area contributed by atoms with E-state index in [1.54, 1.807) is 11.3 Å². The van der Waals surface area contributed by atoms with Crippen LogP contribution in [0.5, 0.6) is 0 Å². The Bertz CT molecular complexity index is 551. The molecule has 5 nitrogen and oxygen atoms in total. The molecule has 0 radical (unpaired) electrons. The van der Waals surface area contributed by atoms with Gasteiger partial charge in [0.1, 0.15) is 10.7 Å². The topological polar surface area (TPSA) is 49.7 Å². The van der Waals surface area contributed by atoms with Crippen molar-refractivity contribution in [1.29, 1.82) is 0 Å². The van der Waals surface area contributed by atoms with Crippen LogP contribution in [0.3, 0.4) is 0 Å². The maximum atomic E-state index is 5.16. The second-order valence-electron chi connectivity index (χ2n) is 3.96. The number of hydrogen-bond donors (Lipinski definition) is 1. The van der Waals surface area contributed by atoms with E-state index in [1.165, 1.54) is 0 Å².